The number of nitrogen functional groups attached to an aromatic ring is 2. The Morgan fingerprint density at radius 2 is 1.93 bits per heavy atom. The number of hydrogen-bond donors (Lipinski definition) is 3. The topological polar surface area (TPSA) is 176 Å². The molecule has 5 heterocycles. The second-order valence-electron chi connectivity index (χ2n) is 11.6. The number of aromatic hydroxyl groups is 1. The van der Waals surface area contributed by atoms with Crippen LogP contribution in [0.3, 0.4) is 0 Å². The summed E-state index contributed by atoms with van der Waals surface area (Å²) in [6.45, 7) is 6.97. The number of pyridine rings is 2. The number of hydrogen-bond acceptors (Lipinski definition) is 11. The van der Waals surface area contributed by atoms with E-state index in [1.165, 1.54) is 6.07 Å². The molecule has 3 atom stereocenters. The number of aryl methyl sites for hydroxylation is 2. The Morgan fingerprint density at radius 1 is 1.14 bits per heavy atom. The Labute approximate surface area is 241 Å². The monoisotopic (exact) mass is 572 g/mol. The average molecular weight is 573 g/mol. The summed E-state index contributed by atoms with van der Waals surface area (Å²) in [5.74, 6) is 0.815. The molecule has 0 spiro atoms. The number of benzene rings is 1. The lowest BCUT2D eigenvalue weighted by molar-refractivity contribution is -0.166. The van der Waals surface area contributed by atoms with Crippen molar-refractivity contribution in [2.24, 2.45) is 0 Å². The summed E-state index contributed by atoms with van der Waals surface area (Å²) in [5, 5.41) is 11.0. The summed E-state index contributed by atoms with van der Waals surface area (Å²) in [4.78, 5) is 34.4. The Hall–Kier alpha value is -4.64. The summed E-state index contributed by atoms with van der Waals surface area (Å²) in [7, 11) is 0. The molecule has 0 radical (unpaired) electrons. The first-order valence-electron chi connectivity index (χ1n) is 13.7. The van der Waals surface area contributed by atoms with Crippen LogP contribution in [-0.2, 0) is 27.1 Å². The Balaban J connectivity index is 1.15. The highest BCUT2D eigenvalue weighted by molar-refractivity contribution is 5.87. The fraction of sp³-hybridized carbons (Fsp3) is 0.355. The summed E-state index contributed by atoms with van der Waals surface area (Å²) in [6.07, 6.45) is 1.83. The van der Waals surface area contributed by atoms with Crippen LogP contribution in [0.5, 0.6) is 11.5 Å². The molecule has 2 aliphatic rings. The number of phenolic OH excluding ortho intramolecular Hbond substituents is 1. The standard InChI is InChI=1S/C31H32N4O7/c1-15-9-20(36)27-22(39-15)14-21-18(28(27)37)13-24(30(2,3)41-21)40-29(38)31(4)23(42-31)6-5-16-10-19(35-26(33)11-16)17-7-8-34-25(32)12-17/h7-12,14,23-24,37H,5-6,13H2,1-4H3,(H2,32,34)(H2,33,35)/t23-,24-,31-/m1/s1. The van der Waals surface area contributed by atoms with Crippen molar-refractivity contribution in [1.29, 1.82) is 0 Å². The number of nitrogens with two attached hydrogens (primary N) is 2. The van der Waals surface area contributed by atoms with Crippen molar-refractivity contribution in [1.82, 2.24) is 9.97 Å². The second kappa shape index (κ2) is 9.73. The van der Waals surface area contributed by atoms with E-state index in [2.05, 4.69) is 9.97 Å². The minimum Gasteiger partial charge on any atom is -0.507 e. The van der Waals surface area contributed by atoms with Gasteiger partial charge >= 0.3 is 5.97 Å². The van der Waals surface area contributed by atoms with Crippen molar-refractivity contribution >= 4 is 28.6 Å². The molecule has 42 heavy (non-hydrogen) atoms. The minimum absolute atomic E-state index is 0.0672. The minimum atomic E-state index is -1.12. The molecule has 0 amide bonds. The van der Waals surface area contributed by atoms with Gasteiger partial charge in [-0.1, -0.05) is 0 Å². The van der Waals surface area contributed by atoms with Gasteiger partial charge in [0.2, 0.25) is 0 Å². The number of rotatable bonds is 6. The molecule has 3 aromatic heterocycles. The molecule has 1 aromatic carbocycles. The maximum atomic E-state index is 13.4. The number of carbonyl (C=O) groups excluding carboxylic acids is 1. The first-order valence-corrected chi connectivity index (χ1v) is 13.7. The van der Waals surface area contributed by atoms with Crippen LogP contribution in [0.2, 0.25) is 0 Å². The smallest absolute Gasteiger partial charge is 0.341 e. The van der Waals surface area contributed by atoms with Gasteiger partial charge in [0.05, 0.1) is 11.8 Å². The van der Waals surface area contributed by atoms with E-state index >= 15 is 0 Å². The largest absolute Gasteiger partial charge is 0.507 e. The molecule has 0 bridgehead atoms. The quantitative estimate of drug-likeness (QED) is 0.226. The third-order valence-corrected chi connectivity index (χ3v) is 7.99. The average Bonchev–Trinajstić information content (AvgIpc) is 3.58. The van der Waals surface area contributed by atoms with Crippen LogP contribution in [0, 0.1) is 6.92 Å². The molecular weight excluding hydrogens is 540 g/mol. The van der Waals surface area contributed by atoms with E-state index in [0.29, 0.717) is 47.2 Å². The molecule has 4 aromatic rings. The third kappa shape index (κ3) is 4.89. The zero-order chi connectivity index (χ0) is 30.0. The number of esters is 1. The maximum Gasteiger partial charge on any atom is 0.341 e. The third-order valence-electron chi connectivity index (χ3n) is 7.99. The van der Waals surface area contributed by atoms with Gasteiger partial charge in [-0.05, 0) is 70.4 Å². The van der Waals surface area contributed by atoms with Crippen LogP contribution in [0.4, 0.5) is 11.6 Å². The van der Waals surface area contributed by atoms with Gasteiger partial charge in [0.1, 0.15) is 51.6 Å². The summed E-state index contributed by atoms with van der Waals surface area (Å²) < 4.78 is 23.6. The van der Waals surface area contributed by atoms with E-state index < -0.39 is 23.3 Å². The van der Waals surface area contributed by atoms with E-state index in [-0.39, 0.29) is 34.7 Å². The lowest BCUT2D eigenvalue weighted by Crippen LogP contribution is -2.50. The van der Waals surface area contributed by atoms with Gasteiger partial charge in [-0.25, -0.2) is 14.8 Å². The first kappa shape index (κ1) is 27.5. The molecule has 1 fully saturated rings. The van der Waals surface area contributed by atoms with Crippen molar-refractivity contribution in [3.8, 4) is 22.8 Å². The van der Waals surface area contributed by atoms with E-state index in [4.69, 9.17) is 30.1 Å². The summed E-state index contributed by atoms with van der Waals surface area (Å²) in [5.41, 5.74) is 12.5. The number of anilines is 2. The summed E-state index contributed by atoms with van der Waals surface area (Å²) in [6, 6.07) is 10.2. The van der Waals surface area contributed by atoms with Crippen LogP contribution in [0.25, 0.3) is 22.2 Å². The molecule has 1 saturated heterocycles. The Morgan fingerprint density at radius 3 is 2.69 bits per heavy atom. The number of epoxide rings is 1. The van der Waals surface area contributed by atoms with Gasteiger partial charge in [0.15, 0.2) is 11.0 Å². The fourth-order valence-corrected chi connectivity index (χ4v) is 5.52. The first-order chi connectivity index (χ1) is 19.8. The SMILES string of the molecule is Cc1cc(=O)c2c(O)c3c(cc2o1)OC(C)(C)[C@H](OC(=O)[C@]1(C)O[C@@H]1CCc1cc(N)nc(-c2ccnc(N)c2)c1)C3. The molecule has 2 aliphatic heterocycles. The molecule has 0 aliphatic carbocycles. The zero-order valence-corrected chi connectivity index (χ0v) is 23.8. The highest BCUT2D eigenvalue weighted by Gasteiger charge is 2.60. The normalized spacial score (nSPS) is 22.3. The lowest BCUT2D eigenvalue weighted by Gasteiger charge is -2.39. The van der Waals surface area contributed by atoms with Crippen LogP contribution in [-0.4, -0.2) is 44.5 Å². The van der Waals surface area contributed by atoms with Crippen LogP contribution in [0.1, 0.15) is 44.1 Å². The summed E-state index contributed by atoms with van der Waals surface area (Å²) >= 11 is 0. The highest BCUT2D eigenvalue weighted by atomic mass is 16.7. The number of phenols is 1. The van der Waals surface area contributed by atoms with E-state index in [0.717, 1.165) is 11.1 Å². The van der Waals surface area contributed by atoms with Gasteiger partial charge in [-0.2, -0.15) is 0 Å². The Kier molecular flexibility index (Phi) is 6.38. The van der Waals surface area contributed by atoms with Crippen LogP contribution < -0.4 is 21.6 Å². The van der Waals surface area contributed by atoms with Crippen molar-refractivity contribution in [3.05, 3.63) is 69.7 Å². The number of ether oxygens (including phenoxy) is 3. The van der Waals surface area contributed by atoms with Gasteiger partial charge < -0.3 is 35.2 Å². The number of carbonyl (C=O) groups is 1. The van der Waals surface area contributed by atoms with Crippen molar-refractivity contribution in [2.75, 3.05) is 11.5 Å². The van der Waals surface area contributed by atoms with E-state index in [9.17, 15) is 14.7 Å². The predicted molar refractivity (Wildman–Crippen MR) is 155 cm³/mol. The van der Waals surface area contributed by atoms with E-state index in [1.54, 1.807) is 52.1 Å². The molecule has 11 nitrogen and oxygen atoms in total. The van der Waals surface area contributed by atoms with Crippen molar-refractivity contribution in [3.63, 3.8) is 0 Å². The maximum absolute atomic E-state index is 13.4. The predicted octanol–water partition coefficient (Wildman–Crippen LogP) is 3.84. The molecule has 0 unspecified atom stereocenters. The molecule has 11 heteroatoms. The Bertz CT molecular complexity index is 1800. The number of nitrogens with zero attached hydrogens (tertiary/aromatic N) is 2. The van der Waals surface area contributed by atoms with Gasteiger partial charge in [0.25, 0.3) is 0 Å². The van der Waals surface area contributed by atoms with Gasteiger partial charge in [0, 0.05) is 35.9 Å². The van der Waals surface area contributed by atoms with Crippen molar-refractivity contribution < 1.29 is 28.5 Å². The highest BCUT2D eigenvalue weighted by Crippen LogP contribution is 2.45. The molecule has 5 N–H and O–H groups in total. The fourth-order valence-electron chi connectivity index (χ4n) is 5.52. The molecule has 218 valence electrons. The van der Waals surface area contributed by atoms with Crippen LogP contribution in [0.15, 0.2) is 51.8 Å². The van der Waals surface area contributed by atoms with Crippen molar-refractivity contribution in [2.45, 2.75) is 70.4 Å². The van der Waals surface area contributed by atoms with Crippen LogP contribution >= 0.6 is 0 Å². The molecular formula is C31H32N4O7. The molecule has 6 rings (SSSR count). The lowest BCUT2D eigenvalue weighted by atomic mass is 9.89. The van der Waals surface area contributed by atoms with Gasteiger partial charge in [-0.15, -0.1) is 0 Å². The zero-order valence-electron chi connectivity index (χ0n) is 23.8. The number of aromatic nitrogens is 2. The number of fused-ring (bicyclic) bond motifs is 2. The van der Waals surface area contributed by atoms with E-state index in [1.807, 2.05) is 12.1 Å². The second-order valence-corrected chi connectivity index (χ2v) is 11.6. The molecule has 0 saturated carbocycles. The van der Waals surface area contributed by atoms with Gasteiger partial charge in [-0.3, -0.25) is 4.79 Å².